The molecule has 0 aromatic carbocycles. The molecule has 1 fully saturated rings. The monoisotopic (exact) mass is 288 g/mol. The van der Waals surface area contributed by atoms with Gasteiger partial charge in [-0.25, -0.2) is 9.50 Å². The van der Waals surface area contributed by atoms with Crippen LogP contribution in [0.3, 0.4) is 0 Å². The van der Waals surface area contributed by atoms with E-state index in [0.29, 0.717) is 13.2 Å². The SMILES string of the molecule is CCOC(=O)C1CCCN(c2nccn3nc(C)cc23)C1. The van der Waals surface area contributed by atoms with Gasteiger partial charge in [0.1, 0.15) is 5.52 Å². The molecule has 0 saturated carbocycles. The van der Waals surface area contributed by atoms with Crippen LogP contribution in [-0.2, 0) is 9.53 Å². The fraction of sp³-hybridized carbons (Fsp3) is 0.533. The molecule has 1 aliphatic rings. The standard InChI is InChI=1S/C15H20N4O2/c1-3-21-15(20)12-5-4-7-18(10-12)14-13-9-11(2)17-19(13)8-6-16-14/h6,8-9,12H,3-5,7,10H2,1-2H3. The van der Waals surface area contributed by atoms with Gasteiger partial charge in [-0.1, -0.05) is 0 Å². The smallest absolute Gasteiger partial charge is 0.310 e. The van der Waals surface area contributed by atoms with Crippen LogP contribution in [0.2, 0.25) is 0 Å². The average Bonchev–Trinajstić information content (AvgIpc) is 2.87. The third-order valence-corrected chi connectivity index (χ3v) is 3.83. The molecule has 3 rings (SSSR count). The number of rotatable bonds is 3. The second kappa shape index (κ2) is 5.71. The van der Waals surface area contributed by atoms with E-state index in [-0.39, 0.29) is 11.9 Å². The van der Waals surface area contributed by atoms with Crippen LogP contribution < -0.4 is 4.90 Å². The number of ether oxygens (including phenoxy) is 1. The van der Waals surface area contributed by atoms with Gasteiger partial charge < -0.3 is 9.64 Å². The molecule has 1 saturated heterocycles. The lowest BCUT2D eigenvalue weighted by molar-refractivity contribution is -0.148. The number of carbonyl (C=O) groups is 1. The summed E-state index contributed by atoms with van der Waals surface area (Å²) < 4.78 is 6.99. The van der Waals surface area contributed by atoms with Crippen molar-refractivity contribution in [3.8, 4) is 0 Å². The second-order valence-corrected chi connectivity index (χ2v) is 5.40. The summed E-state index contributed by atoms with van der Waals surface area (Å²) >= 11 is 0. The van der Waals surface area contributed by atoms with Crippen LogP contribution in [0, 0.1) is 12.8 Å². The third-order valence-electron chi connectivity index (χ3n) is 3.83. The predicted octanol–water partition coefficient (Wildman–Crippen LogP) is 1.82. The van der Waals surface area contributed by atoms with Crippen LogP contribution in [-0.4, -0.2) is 40.3 Å². The Morgan fingerprint density at radius 3 is 3.19 bits per heavy atom. The van der Waals surface area contributed by atoms with E-state index in [1.54, 1.807) is 6.20 Å². The molecule has 6 nitrogen and oxygen atoms in total. The zero-order valence-corrected chi connectivity index (χ0v) is 12.5. The minimum Gasteiger partial charge on any atom is -0.466 e. The summed E-state index contributed by atoms with van der Waals surface area (Å²) in [6.07, 6.45) is 5.46. The van der Waals surface area contributed by atoms with Gasteiger partial charge in [0, 0.05) is 25.5 Å². The summed E-state index contributed by atoms with van der Waals surface area (Å²) in [5.74, 6) is 0.732. The quantitative estimate of drug-likeness (QED) is 0.806. The topological polar surface area (TPSA) is 59.7 Å². The van der Waals surface area contributed by atoms with E-state index in [4.69, 9.17) is 4.74 Å². The highest BCUT2D eigenvalue weighted by Crippen LogP contribution is 2.26. The lowest BCUT2D eigenvalue weighted by Gasteiger charge is -2.32. The maximum Gasteiger partial charge on any atom is 0.310 e. The predicted molar refractivity (Wildman–Crippen MR) is 79.3 cm³/mol. The highest BCUT2D eigenvalue weighted by molar-refractivity contribution is 5.75. The summed E-state index contributed by atoms with van der Waals surface area (Å²) in [6, 6.07) is 2.02. The van der Waals surface area contributed by atoms with Crippen molar-refractivity contribution >= 4 is 17.3 Å². The first kappa shape index (κ1) is 13.9. The number of fused-ring (bicyclic) bond motifs is 1. The Morgan fingerprint density at radius 1 is 1.52 bits per heavy atom. The molecule has 6 heteroatoms. The highest BCUT2D eigenvalue weighted by atomic mass is 16.5. The van der Waals surface area contributed by atoms with Gasteiger partial charge in [0.25, 0.3) is 0 Å². The van der Waals surface area contributed by atoms with Crippen molar-refractivity contribution < 1.29 is 9.53 Å². The third kappa shape index (κ3) is 2.70. The number of aryl methyl sites for hydroxylation is 1. The maximum absolute atomic E-state index is 12.0. The Labute approximate surface area is 123 Å². The molecule has 0 amide bonds. The van der Waals surface area contributed by atoms with E-state index >= 15 is 0 Å². The number of hydrogen-bond donors (Lipinski definition) is 0. The van der Waals surface area contributed by atoms with Crippen LogP contribution >= 0.6 is 0 Å². The first-order valence-corrected chi connectivity index (χ1v) is 7.41. The number of anilines is 1. The number of hydrogen-bond acceptors (Lipinski definition) is 5. The molecular formula is C15H20N4O2. The van der Waals surface area contributed by atoms with Gasteiger partial charge in [-0.05, 0) is 32.8 Å². The number of aromatic nitrogens is 3. The van der Waals surface area contributed by atoms with Crippen molar-refractivity contribution in [2.75, 3.05) is 24.6 Å². The van der Waals surface area contributed by atoms with E-state index in [2.05, 4.69) is 15.0 Å². The highest BCUT2D eigenvalue weighted by Gasteiger charge is 2.28. The zero-order chi connectivity index (χ0) is 14.8. The van der Waals surface area contributed by atoms with Crippen molar-refractivity contribution in [2.45, 2.75) is 26.7 Å². The van der Waals surface area contributed by atoms with E-state index in [9.17, 15) is 4.79 Å². The molecule has 21 heavy (non-hydrogen) atoms. The van der Waals surface area contributed by atoms with E-state index in [1.165, 1.54) is 0 Å². The lowest BCUT2D eigenvalue weighted by atomic mass is 9.98. The first-order valence-electron chi connectivity index (χ1n) is 7.41. The summed E-state index contributed by atoms with van der Waals surface area (Å²) in [7, 11) is 0. The number of carbonyl (C=O) groups excluding carboxylic acids is 1. The van der Waals surface area contributed by atoms with Crippen molar-refractivity contribution in [3.05, 3.63) is 24.2 Å². The minimum atomic E-state index is -0.0983. The summed E-state index contributed by atoms with van der Waals surface area (Å²) in [4.78, 5) is 18.6. The van der Waals surface area contributed by atoms with Gasteiger partial charge in [0.15, 0.2) is 5.82 Å². The molecule has 0 aliphatic carbocycles. The molecular weight excluding hydrogens is 268 g/mol. The zero-order valence-electron chi connectivity index (χ0n) is 12.5. The van der Waals surface area contributed by atoms with Crippen LogP contribution in [0.25, 0.3) is 5.52 Å². The largest absolute Gasteiger partial charge is 0.466 e. The molecule has 1 unspecified atom stereocenters. The molecule has 112 valence electrons. The maximum atomic E-state index is 12.0. The molecule has 0 bridgehead atoms. The fourth-order valence-electron chi connectivity index (χ4n) is 2.90. The normalized spacial score (nSPS) is 19.0. The summed E-state index contributed by atoms with van der Waals surface area (Å²) in [5.41, 5.74) is 1.95. The number of nitrogens with zero attached hydrogens (tertiary/aromatic N) is 4. The van der Waals surface area contributed by atoms with Gasteiger partial charge in [-0.2, -0.15) is 5.10 Å². The van der Waals surface area contributed by atoms with Crippen molar-refractivity contribution in [2.24, 2.45) is 5.92 Å². The van der Waals surface area contributed by atoms with Crippen molar-refractivity contribution in [1.29, 1.82) is 0 Å². The fourth-order valence-corrected chi connectivity index (χ4v) is 2.90. The van der Waals surface area contributed by atoms with Gasteiger partial charge in [0.2, 0.25) is 0 Å². The lowest BCUT2D eigenvalue weighted by Crippen LogP contribution is -2.40. The van der Waals surface area contributed by atoms with Crippen LogP contribution in [0.1, 0.15) is 25.5 Å². The molecule has 1 atom stereocenters. The van der Waals surface area contributed by atoms with Crippen LogP contribution in [0.4, 0.5) is 5.82 Å². The first-order chi connectivity index (χ1) is 10.2. The second-order valence-electron chi connectivity index (χ2n) is 5.40. The van der Waals surface area contributed by atoms with Gasteiger partial charge >= 0.3 is 5.97 Å². The van der Waals surface area contributed by atoms with Crippen molar-refractivity contribution in [3.63, 3.8) is 0 Å². The molecule has 2 aromatic rings. The molecule has 1 aliphatic heterocycles. The van der Waals surface area contributed by atoms with Gasteiger partial charge in [0.05, 0.1) is 18.2 Å². The molecule has 3 heterocycles. The van der Waals surface area contributed by atoms with Crippen molar-refractivity contribution in [1.82, 2.24) is 14.6 Å². The summed E-state index contributed by atoms with van der Waals surface area (Å²) in [6.45, 7) is 5.82. The van der Waals surface area contributed by atoms with Gasteiger partial charge in [-0.15, -0.1) is 0 Å². The number of esters is 1. The Morgan fingerprint density at radius 2 is 2.38 bits per heavy atom. The van der Waals surface area contributed by atoms with E-state index in [1.807, 2.05) is 30.6 Å². The minimum absolute atomic E-state index is 0.0650. The molecule has 0 N–H and O–H groups in total. The van der Waals surface area contributed by atoms with Gasteiger partial charge in [-0.3, -0.25) is 4.79 Å². The Bertz CT molecular complexity index is 652. The van der Waals surface area contributed by atoms with E-state index in [0.717, 1.165) is 36.4 Å². The Balaban J connectivity index is 1.86. The molecule has 0 radical (unpaired) electrons. The summed E-state index contributed by atoms with van der Waals surface area (Å²) in [5, 5.41) is 4.41. The average molecular weight is 288 g/mol. The van der Waals surface area contributed by atoms with E-state index < -0.39 is 0 Å². The van der Waals surface area contributed by atoms with Crippen LogP contribution in [0.15, 0.2) is 18.5 Å². The Hall–Kier alpha value is -2.11. The molecule has 2 aromatic heterocycles. The number of piperidine rings is 1. The Kier molecular flexibility index (Phi) is 3.77. The molecule has 0 spiro atoms. The van der Waals surface area contributed by atoms with Crippen LogP contribution in [0.5, 0.6) is 0 Å².